The highest BCUT2D eigenvalue weighted by atomic mass is 79.9. The molecule has 3 rings (SSSR count). The molecular weight excluding hydrogens is 390 g/mol. The summed E-state index contributed by atoms with van der Waals surface area (Å²) in [5.41, 5.74) is 1.08. The van der Waals surface area contributed by atoms with Gasteiger partial charge in [-0.15, -0.1) is 0 Å². The molecule has 1 aliphatic heterocycles. The Bertz CT molecular complexity index is 761. The van der Waals surface area contributed by atoms with Crippen molar-refractivity contribution < 1.29 is 13.2 Å². The van der Waals surface area contributed by atoms with Gasteiger partial charge in [0, 0.05) is 11.0 Å². The van der Waals surface area contributed by atoms with Crippen LogP contribution in [0.4, 0.5) is 5.13 Å². The third-order valence-corrected chi connectivity index (χ3v) is 6.33. The van der Waals surface area contributed by atoms with Crippen LogP contribution in [0.25, 0.3) is 0 Å². The quantitative estimate of drug-likeness (QED) is 0.847. The molecular formula is C13H14BrN3O3S2. The van der Waals surface area contributed by atoms with Crippen molar-refractivity contribution in [2.45, 2.75) is 10.3 Å². The molecule has 2 heterocycles. The summed E-state index contributed by atoms with van der Waals surface area (Å²) >= 11 is 4.50. The lowest BCUT2D eigenvalue weighted by Gasteiger charge is -2.33. The van der Waals surface area contributed by atoms with E-state index in [9.17, 15) is 8.42 Å². The smallest absolute Gasteiger partial charge is 0.249 e. The van der Waals surface area contributed by atoms with Crippen molar-refractivity contribution >= 4 is 42.4 Å². The standard InChI is InChI=1S/C13H14BrN3O3S2/c14-10-3-1-9(2-4-10)11-8-17(5-6-20-11)13-16-7-12(21-13)22(15,18)19/h1-4,7,11H,5-6,8H2,(H2,15,18,19)/t11-/m0/s1. The van der Waals surface area contributed by atoms with Gasteiger partial charge in [0.2, 0.25) is 10.0 Å². The van der Waals surface area contributed by atoms with E-state index in [1.807, 2.05) is 29.2 Å². The average molecular weight is 404 g/mol. The fourth-order valence-corrected chi connectivity index (χ4v) is 4.07. The van der Waals surface area contributed by atoms with Crippen LogP contribution in [-0.2, 0) is 14.8 Å². The fourth-order valence-electron chi connectivity index (χ4n) is 2.23. The van der Waals surface area contributed by atoms with Crippen LogP contribution in [0.1, 0.15) is 11.7 Å². The molecule has 1 aliphatic rings. The molecule has 2 aromatic rings. The van der Waals surface area contributed by atoms with Gasteiger partial charge in [-0.3, -0.25) is 0 Å². The molecule has 1 atom stereocenters. The van der Waals surface area contributed by atoms with Crippen LogP contribution in [0.3, 0.4) is 0 Å². The van der Waals surface area contributed by atoms with Crippen molar-refractivity contribution in [1.82, 2.24) is 4.98 Å². The Labute approximate surface area is 141 Å². The van der Waals surface area contributed by atoms with E-state index in [2.05, 4.69) is 20.9 Å². The van der Waals surface area contributed by atoms with Crippen molar-refractivity contribution in [3.05, 3.63) is 40.5 Å². The van der Waals surface area contributed by atoms with Crippen LogP contribution in [0.2, 0.25) is 0 Å². The molecule has 1 saturated heterocycles. The molecule has 22 heavy (non-hydrogen) atoms. The first-order valence-electron chi connectivity index (χ1n) is 6.54. The lowest BCUT2D eigenvalue weighted by Crippen LogP contribution is -2.38. The second-order valence-electron chi connectivity index (χ2n) is 4.86. The molecule has 0 saturated carbocycles. The number of anilines is 1. The SMILES string of the molecule is NS(=O)(=O)c1cnc(N2CCO[C@H](c3ccc(Br)cc3)C2)s1. The molecule has 9 heteroatoms. The highest BCUT2D eigenvalue weighted by Crippen LogP contribution is 2.30. The van der Waals surface area contributed by atoms with Gasteiger partial charge in [-0.1, -0.05) is 39.4 Å². The Hall–Kier alpha value is -1.000. The van der Waals surface area contributed by atoms with E-state index in [1.54, 1.807) is 0 Å². The number of thiazole rings is 1. The van der Waals surface area contributed by atoms with E-state index in [1.165, 1.54) is 6.20 Å². The molecule has 2 N–H and O–H groups in total. The Morgan fingerprint density at radius 1 is 1.36 bits per heavy atom. The van der Waals surface area contributed by atoms with Gasteiger partial charge in [-0.25, -0.2) is 18.5 Å². The summed E-state index contributed by atoms with van der Waals surface area (Å²) in [6.07, 6.45) is 1.24. The maximum atomic E-state index is 11.3. The number of hydrogen-bond donors (Lipinski definition) is 1. The summed E-state index contributed by atoms with van der Waals surface area (Å²) < 4.78 is 29.6. The van der Waals surface area contributed by atoms with E-state index in [0.29, 0.717) is 24.8 Å². The molecule has 1 fully saturated rings. The van der Waals surface area contributed by atoms with E-state index in [4.69, 9.17) is 9.88 Å². The number of halogens is 1. The number of nitrogens with two attached hydrogens (primary N) is 1. The summed E-state index contributed by atoms with van der Waals surface area (Å²) in [5, 5.41) is 5.77. The third-order valence-electron chi connectivity index (χ3n) is 3.33. The fraction of sp³-hybridized carbons (Fsp3) is 0.308. The number of primary sulfonamides is 1. The minimum absolute atomic E-state index is 0.0660. The summed E-state index contributed by atoms with van der Waals surface area (Å²) in [5.74, 6) is 0. The number of hydrogen-bond acceptors (Lipinski definition) is 6. The predicted molar refractivity (Wildman–Crippen MR) is 88.5 cm³/mol. The van der Waals surface area contributed by atoms with Gasteiger partial charge in [-0.05, 0) is 17.7 Å². The number of sulfonamides is 1. The lowest BCUT2D eigenvalue weighted by atomic mass is 10.1. The minimum Gasteiger partial charge on any atom is -0.370 e. The minimum atomic E-state index is -3.70. The number of aromatic nitrogens is 1. The second-order valence-corrected chi connectivity index (χ2v) is 8.58. The topological polar surface area (TPSA) is 85.5 Å². The number of rotatable bonds is 3. The van der Waals surface area contributed by atoms with Gasteiger partial charge in [0.15, 0.2) is 9.34 Å². The maximum Gasteiger partial charge on any atom is 0.249 e. The second kappa shape index (κ2) is 6.25. The molecule has 6 nitrogen and oxygen atoms in total. The Kier molecular flexibility index (Phi) is 4.51. The number of benzene rings is 1. The van der Waals surface area contributed by atoms with Gasteiger partial charge in [0.25, 0.3) is 0 Å². The number of ether oxygens (including phenoxy) is 1. The Morgan fingerprint density at radius 3 is 2.73 bits per heavy atom. The van der Waals surface area contributed by atoms with Crippen LogP contribution < -0.4 is 10.0 Å². The molecule has 0 bridgehead atoms. The molecule has 0 amide bonds. The zero-order valence-corrected chi connectivity index (χ0v) is 14.7. The van der Waals surface area contributed by atoms with Crippen LogP contribution in [0.15, 0.2) is 39.1 Å². The van der Waals surface area contributed by atoms with Crippen LogP contribution in [-0.4, -0.2) is 33.1 Å². The number of morpholine rings is 1. The van der Waals surface area contributed by atoms with E-state index in [-0.39, 0.29) is 10.3 Å². The average Bonchev–Trinajstić information content (AvgIpc) is 2.98. The summed E-state index contributed by atoms with van der Waals surface area (Å²) in [7, 11) is -3.70. The van der Waals surface area contributed by atoms with E-state index < -0.39 is 10.0 Å². The van der Waals surface area contributed by atoms with Crippen molar-refractivity contribution in [1.29, 1.82) is 0 Å². The highest BCUT2D eigenvalue weighted by Gasteiger charge is 2.25. The zero-order chi connectivity index (χ0) is 15.7. The molecule has 0 aliphatic carbocycles. The van der Waals surface area contributed by atoms with Gasteiger partial charge in [0.05, 0.1) is 19.3 Å². The first kappa shape index (κ1) is 15.9. The van der Waals surface area contributed by atoms with Crippen LogP contribution in [0.5, 0.6) is 0 Å². The van der Waals surface area contributed by atoms with Gasteiger partial charge in [-0.2, -0.15) is 0 Å². The first-order valence-corrected chi connectivity index (χ1v) is 9.70. The molecule has 1 aromatic carbocycles. The third kappa shape index (κ3) is 3.49. The van der Waals surface area contributed by atoms with Crippen LogP contribution in [0, 0.1) is 0 Å². The molecule has 0 spiro atoms. The van der Waals surface area contributed by atoms with Crippen LogP contribution >= 0.6 is 27.3 Å². The summed E-state index contributed by atoms with van der Waals surface area (Å²) in [6.45, 7) is 1.86. The summed E-state index contributed by atoms with van der Waals surface area (Å²) in [4.78, 5) is 6.19. The predicted octanol–water partition coefficient (Wildman–Crippen LogP) is 2.13. The maximum absolute atomic E-state index is 11.3. The van der Waals surface area contributed by atoms with E-state index >= 15 is 0 Å². The number of nitrogens with zero attached hydrogens (tertiary/aromatic N) is 2. The van der Waals surface area contributed by atoms with Gasteiger partial charge >= 0.3 is 0 Å². The van der Waals surface area contributed by atoms with Crippen molar-refractivity contribution in [3.63, 3.8) is 0 Å². The molecule has 118 valence electrons. The Morgan fingerprint density at radius 2 is 2.09 bits per heavy atom. The van der Waals surface area contributed by atoms with Gasteiger partial charge in [0.1, 0.15) is 6.10 Å². The monoisotopic (exact) mass is 403 g/mol. The van der Waals surface area contributed by atoms with Gasteiger partial charge < -0.3 is 9.64 Å². The molecule has 0 unspecified atom stereocenters. The normalized spacial score (nSPS) is 19.4. The lowest BCUT2D eigenvalue weighted by molar-refractivity contribution is 0.0398. The van der Waals surface area contributed by atoms with Crippen molar-refractivity contribution in [3.8, 4) is 0 Å². The first-order chi connectivity index (χ1) is 10.4. The van der Waals surface area contributed by atoms with Crippen molar-refractivity contribution in [2.75, 3.05) is 24.6 Å². The molecule has 1 aromatic heterocycles. The summed E-state index contributed by atoms with van der Waals surface area (Å²) in [6, 6.07) is 7.96. The highest BCUT2D eigenvalue weighted by molar-refractivity contribution is 9.10. The van der Waals surface area contributed by atoms with E-state index in [0.717, 1.165) is 21.4 Å². The molecule has 0 radical (unpaired) electrons. The largest absolute Gasteiger partial charge is 0.370 e. The Balaban J connectivity index is 1.78. The zero-order valence-electron chi connectivity index (χ0n) is 11.5. The van der Waals surface area contributed by atoms with Crippen molar-refractivity contribution in [2.24, 2.45) is 5.14 Å².